The fourth-order valence-corrected chi connectivity index (χ4v) is 3.87. The second-order valence-electron chi connectivity index (χ2n) is 7.92. The van der Waals surface area contributed by atoms with Gasteiger partial charge in [-0.25, -0.2) is 4.68 Å². The number of fused-ring (bicyclic) bond motifs is 1. The smallest absolute Gasteiger partial charge is 0.274 e. The molecule has 0 spiro atoms. The van der Waals surface area contributed by atoms with E-state index < -0.39 is 0 Å². The highest BCUT2D eigenvalue weighted by atomic mass is 16.5. The Morgan fingerprint density at radius 2 is 1.65 bits per heavy atom. The Balaban J connectivity index is 1.67. The lowest BCUT2D eigenvalue weighted by Gasteiger charge is -2.19. The third-order valence-corrected chi connectivity index (χ3v) is 5.54. The summed E-state index contributed by atoms with van der Waals surface area (Å²) in [6.45, 7) is 3.07. The van der Waals surface area contributed by atoms with E-state index >= 15 is 0 Å². The van der Waals surface area contributed by atoms with Gasteiger partial charge in [-0.15, -0.1) is 0 Å². The number of methoxy groups -OCH3 is 1. The van der Waals surface area contributed by atoms with Crippen molar-refractivity contribution < 1.29 is 14.3 Å². The fourth-order valence-electron chi connectivity index (χ4n) is 3.87. The quantitative estimate of drug-likeness (QED) is 0.398. The van der Waals surface area contributed by atoms with Gasteiger partial charge in [-0.1, -0.05) is 54.6 Å². The van der Waals surface area contributed by atoms with Gasteiger partial charge in [0.1, 0.15) is 0 Å². The summed E-state index contributed by atoms with van der Waals surface area (Å²) in [7, 11) is 3.30. The molecule has 3 aromatic carbocycles. The van der Waals surface area contributed by atoms with Gasteiger partial charge in [0.05, 0.1) is 25.6 Å². The molecule has 7 nitrogen and oxygen atoms in total. The molecule has 4 rings (SSSR count). The Hall–Kier alpha value is -4.13. The van der Waals surface area contributed by atoms with Crippen molar-refractivity contribution in [1.29, 1.82) is 0 Å². The Kier molecular flexibility index (Phi) is 6.92. The summed E-state index contributed by atoms with van der Waals surface area (Å²) in [5.41, 5.74) is 1.83. The molecule has 0 saturated carbocycles. The summed E-state index contributed by atoms with van der Waals surface area (Å²) < 4.78 is 12.4. The van der Waals surface area contributed by atoms with Gasteiger partial charge >= 0.3 is 0 Å². The van der Waals surface area contributed by atoms with E-state index in [-0.39, 0.29) is 23.7 Å². The third-order valence-electron chi connectivity index (χ3n) is 5.54. The second-order valence-corrected chi connectivity index (χ2v) is 7.92. The van der Waals surface area contributed by atoms with Crippen LogP contribution in [-0.2, 0) is 13.1 Å². The fraction of sp³-hybridized carbons (Fsp3) is 0.222. The van der Waals surface area contributed by atoms with Crippen molar-refractivity contribution in [2.45, 2.75) is 20.0 Å². The summed E-state index contributed by atoms with van der Waals surface area (Å²) in [5, 5.41) is 5.50. The lowest BCUT2D eigenvalue weighted by atomic mass is 10.1. The Morgan fingerprint density at radius 1 is 0.941 bits per heavy atom. The number of hydrogen-bond donors (Lipinski definition) is 0. The summed E-state index contributed by atoms with van der Waals surface area (Å²) in [4.78, 5) is 28.2. The highest BCUT2D eigenvalue weighted by Gasteiger charge is 2.21. The first-order valence-electron chi connectivity index (χ1n) is 11.1. The molecule has 0 fully saturated rings. The Bertz CT molecular complexity index is 1370. The average Bonchev–Trinajstić information content (AvgIpc) is 2.87. The zero-order chi connectivity index (χ0) is 24.1. The summed E-state index contributed by atoms with van der Waals surface area (Å²) in [6, 6.07) is 22.3. The molecule has 1 heterocycles. The van der Waals surface area contributed by atoms with Gasteiger partial charge in [-0.3, -0.25) is 9.59 Å². The van der Waals surface area contributed by atoms with E-state index in [2.05, 4.69) is 5.10 Å². The first kappa shape index (κ1) is 23.0. The van der Waals surface area contributed by atoms with Crippen molar-refractivity contribution in [2.24, 2.45) is 0 Å². The number of benzene rings is 3. The lowest BCUT2D eigenvalue weighted by molar-refractivity contribution is 0.0778. The molecule has 0 atom stereocenters. The maximum Gasteiger partial charge on any atom is 0.274 e. The minimum absolute atomic E-state index is 0.227. The SMILES string of the molecule is CCOc1ccc(CN(C)C(=O)c2nn(Cc3ccccc3)c(=O)c3ccccc23)cc1OC. The van der Waals surface area contributed by atoms with E-state index in [1.54, 1.807) is 43.3 Å². The van der Waals surface area contributed by atoms with Crippen LogP contribution in [0.1, 0.15) is 28.5 Å². The lowest BCUT2D eigenvalue weighted by Crippen LogP contribution is -2.32. The highest BCUT2D eigenvalue weighted by Crippen LogP contribution is 2.28. The normalized spacial score (nSPS) is 10.8. The number of nitrogens with zero attached hydrogens (tertiary/aromatic N) is 3. The number of amides is 1. The minimum Gasteiger partial charge on any atom is -0.493 e. The average molecular weight is 458 g/mol. The van der Waals surface area contributed by atoms with E-state index in [1.807, 2.05) is 55.5 Å². The van der Waals surface area contributed by atoms with Crippen LogP contribution in [0.25, 0.3) is 10.8 Å². The monoisotopic (exact) mass is 457 g/mol. The van der Waals surface area contributed by atoms with Gasteiger partial charge in [0.15, 0.2) is 17.2 Å². The topological polar surface area (TPSA) is 73.7 Å². The molecule has 174 valence electrons. The van der Waals surface area contributed by atoms with Crippen LogP contribution in [0, 0.1) is 0 Å². The molecule has 1 aromatic heterocycles. The zero-order valence-corrected chi connectivity index (χ0v) is 19.5. The standard InChI is InChI=1S/C27H27N3O4/c1-4-34-23-15-14-20(16-24(23)33-3)17-29(2)27(32)25-21-12-8-9-13-22(21)26(31)30(28-25)18-19-10-6-5-7-11-19/h5-16H,4,17-18H2,1-3H3. The molecular weight excluding hydrogens is 430 g/mol. The zero-order valence-electron chi connectivity index (χ0n) is 19.5. The van der Waals surface area contributed by atoms with E-state index in [0.717, 1.165) is 11.1 Å². The Morgan fingerprint density at radius 3 is 2.35 bits per heavy atom. The van der Waals surface area contributed by atoms with E-state index in [1.165, 1.54) is 4.68 Å². The van der Waals surface area contributed by atoms with Gasteiger partial charge in [0, 0.05) is 19.0 Å². The molecule has 34 heavy (non-hydrogen) atoms. The highest BCUT2D eigenvalue weighted by molar-refractivity contribution is 6.04. The molecule has 1 amide bonds. The third kappa shape index (κ3) is 4.78. The van der Waals surface area contributed by atoms with Crippen LogP contribution in [0.3, 0.4) is 0 Å². The van der Waals surface area contributed by atoms with Crippen LogP contribution in [-0.4, -0.2) is 41.4 Å². The summed E-state index contributed by atoms with van der Waals surface area (Å²) >= 11 is 0. The number of carbonyl (C=O) groups is 1. The maximum atomic E-state index is 13.5. The molecule has 4 aromatic rings. The van der Waals surface area contributed by atoms with Crippen molar-refractivity contribution >= 4 is 16.7 Å². The molecule has 7 heteroatoms. The predicted octanol–water partition coefficient (Wildman–Crippen LogP) is 4.12. The second kappa shape index (κ2) is 10.2. The van der Waals surface area contributed by atoms with Gasteiger partial charge in [-0.2, -0.15) is 5.10 Å². The number of hydrogen-bond acceptors (Lipinski definition) is 5. The van der Waals surface area contributed by atoms with Crippen molar-refractivity contribution in [1.82, 2.24) is 14.7 Å². The van der Waals surface area contributed by atoms with Crippen molar-refractivity contribution in [3.8, 4) is 11.5 Å². The molecule has 0 saturated heterocycles. The van der Waals surface area contributed by atoms with Crippen molar-refractivity contribution in [3.05, 3.63) is 100.0 Å². The summed E-state index contributed by atoms with van der Waals surface area (Å²) in [6.07, 6.45) is 0. The molecule has 0 aliphatic heterocycles. The Labute approximate surface area is 198 Å². The van der Waals surface area contributed by atoms with Gasteiger partial charge in [-0.05, 0) is 36.2 Å². The van der Waals surface area contributed by atoms with Gasteiger partial charge in [0.2, 0.25) is 0 Å². The largest absolute Gasteiger partial charge is 0.493 e. The van der Waals surface area contributed by atoms with E-state index in [4.69, 9.17) is 9.47 Å². The van der Waals surface area contributed by atoms with Crippen LogP contribution in [0.2, 0.25) is 0 Å². The van der Waals surface area contributed by atoms with Gasteiger partial charge < -0.3 is 14.4 Å². The molecule has 0 N–H and O–H groups in total. The number of rotatable bonds is 8. The van der Waals surface area contributed by atoms with E-state index in [9.17, 15) is 9.59 Å². The number of ether oxygens (including phenoxy) is 2. The number of aromatic nitrogens is 2. The van der Waals surface area contributed by atoms with Crippen LogP contribution >= 0.6 is 0 Å². The van der Waals surface area contributed by atoms with Crippen LogP contribution in [0.5, 0.6) is 11.5 Å². The van der Waals surface area contributed by atoms with Crippen molar-refractivity contribution in [3.63, 3.8) is 0 Å². The molecule has 0 aliphatic rings. The van der Waals surface area contributed by atoms with Crippen LogP contribution < -0.4 is 15.0 Å². The molecule has 0 radical (unpaired) electrons. The molecular formula is C27H27N3O4. The summed E-state index contributed by atoms with van der Waals surface area (Å²) in [5.74, 6) is 0.995. The van der Waals surface area contributed by atoms with Crippen LogP contribution in [0.4, 0.5) is 0 Å². The first-order valence-corrected chi connectivity index (χ1v) is 11.1. The molecule has 0 aliphatic carbocycles. The van der Waals surface area contributed by atoms with E-state index in [0.29, 0.717) is 35.4 Å². The number of carbonyl (C=O) groups excluding carboxylic acids is 1. The van der Waals surface area contributed by atoms with Crippen LogP contribution in [0.15, 0.2) is 77.6 Å². The van der Waals surface area contributed by atoms with Gasteiger partial charge in [0.25, 0.3) is 11.5 Å². The maximum absolute atomic E-state index is 13.5. The van der Waals surface area contributed by atoms with Crippen molar-refractivity contribution in [2.75, 3.05) is 20.8 Å². The minimum atomic E-state index is -0.272. The molecule has 0 unspecified atom stereocenters. The predicted molar refractivity (Wildman–Crippen MR) is 132 cm³/mol. The first-order chi connectivity index (χ1) is 16.5. The molecule has 0 bridgehead atoms.